The minimum Gasteiger partial charge on any atom is -0.334 e. The number of hydrogen-bond acceptors (Lipinski definition) is 2. The van der Waals surface area contributed by atoms with Crippen LogP contribution in [0.1, 0.15) is 46.5 Å². The van der Waals surface area contributed by atoms with Crippen molar-refractivity contribution >= 4 is 28.5 Å². The second-order valence-electron chi connectivity index (χ2n) is 6.60. The summed E-state index contributed by atoms with van der Waals surface area (Å²) in [7, 11) is 0. The van der Waals surface area contributed by atoms with Gasteiger partial charge in [-0.3, -0.25) is 4.79 Å². The summed E-state index contributed by atoms with van der Waals surface area (Å²) in [5, 5.41) is 0.563. The van der Waals surface area contributed by atoms with E-state index < -0.39 is 0 Å². The lowest BCUT2D eigenvalue weighted by atomic mass is 9.75. The summed E-state index contributed by atoms with van der Waals surface area (Å²) < 4.78 is 0. The van der Waals surface area contributed by atoms with Gasteiger partial charge in [0.25, 0.3) is 5.91 Å². The number of benzene rings is 2. The molecule has 2 unspecified atom stereocenters. The van der Waals surface area contributed by atoms with Crippen molar-refractivity contribution < 1.29 is 4.79 Å². The number of nitrogens with zero attached hydrogens (tertiary/aromatic N) is 2. The van der Waals surface area contributed by atoms with Gasteiger partial charge in [0.2, 0.25) is 0 Å². The topological polar surface area (TPSA) is 49.0 Å². The van der Waals surface area contributed by atoms with Gasteiger partial charge >= 0.3 is 0 Å². The van der Waals surface area contributed by atoms with Crippen LogP contribution < -0.4 is 0 Å². The number of para-hydroxylation sites is 1. The average Bonchev–Trinajstić information content (AvgIpc) is 3.07. The summed E-state index contributed by atoms with van der Waals surface area (Å²) in [5.41, 5.74) is 4.16. The van der Waals surface area contributed by atoms with Crippen LogP contribution in [0.25, 0.3) is 11.0 Å². The highest BCUT2D eigenvalue weighted by Gasteiger charge is 2.41. The highest BCUT2D eigenvalue weighted by atomic mass is 35.5. The van der Waals surface area contributed by atoms with Gasteiger partial charge in [-0.15, -0.1) is 0 Å². The molecule has 1 amide bonds. The molecule has 4 nitrogen and oxygen atoms in total. The van der Waals surface area contributed by atoms with Crippen molar-refractivity contribution in [3.05, 3.63) is 64.4 Å². The molecule has 0 saturated carbocycles. The van der Waals surface area contributed by atoms with Gasteiger partial charge < -0.3 is 9.88 Å². The van der Waals surface area contributed by atoms with Crippen molar-refractivity contribution in [2.24, 2.45) is 0 Å². The first kappa shape index (κ1) is 14.1. The largest absolute Gasteiger partial charge is 0.334 e. The van der Waals surface area contributed by atoms with Crippen molar-refractivity contribution in [3.63, 3.8) is 0 Å². The van der Waals surface area contributed by atoms with E-state index in [1.807, 2.05) is 17.0 Å². The lowest BCUT2D eigenvalue weighted by Crippen LogP contribution is -2.46. The van der Waals surface area contributed by atoms with Gasteiger partial charge in [0.05, 0.1) is 16.6 Å². The second-order valence-corrected chi connectivity index (χ2v) is 7.01. The number of imidazole rings is 1. The van der Waals surface area contributed by atoms with Crippen LogP contribution in [0.5, 0.6) is 0 Å². The Morgan fingerprint density at radius 3 is 2.79 bits per heavy atom. The SMILES string of the molecule is O=C(c1nc2c(Cl)cccc2[nH]1)N1CC2CCC1c1ccccc12. The highest BCUT2D eigenvalue weighted by molar-refractivity contribution is 6.35. The van der Waals surface area contributed by atoms with Gasteiger partial charge in [-0.2, -0.15) is 0 Å². The molecule has 3 heterocycles. The molecule has 1 aliphatic carbocycles. The smallest absolute Gasteiger partial charge is 0.290 e. The molecule has 3 aromatic rings. The monoisotopic (exact) mass is 337 g/mol. The van der Waals surface area contributed by atoms with Gasteiger partial charge in [0.15, 0.2) is 5.82 Å². The maximum absolute atomic E-state index is 13.1. The van der Waals surface area contributed by atoms with Gasteiger partial charge in [0, 0.05) is 12.5 Å². The summed E-state index contributed by atoms with van der Waals surface area (Å²) in [6.45, 7) is 0.769. The van der Waals surface area contributed by atoms with Crippen LogP contribution in [-0.4, -0.2) is 27.3 Å². The molecular formula is C19H16ClN3O. The Labute approximate surface area is 144 Å². The van der Waals surface area contributed by atoms with Crippen LogP contribution in [0.4, 0.5) is 0 Å². The number of fused-ring (bicyclic) bond motifs is 3. The first-order valence-corrected chi connectivity index (χ1v) is 8.64. The van der Waals surface area contributed by atoms with E-state index in [1.165, 1.54) is 11.1 Å². The number of carbonyl (C=O) groups is 1. The second kappa shape index (κ2) is 5.08. The van der Waals surface area contributed by atoms with Gasteiger partial charge in [-0.05, 0) is 36.1 Å². The Balaban J connectivity index is 1.55. The first-order chi connectivity index (χ1) is 11.7. The molecule has 5 heteroatoms. The van der Waals surface area contributed by atoms with Gasteiger partial charge in [-0.1, -0.05) is 41.9 Å². The van der Waals surface area contributed by atoms with Crippen LogP contribution in [0.15, 0.2) is 42.5 Å². The number of aromatic nitrogens is 2. The number of carbonyl (C=O) groups excluding carboxylic acids is 1. The Morgan fingerprint density at radius 2 is 1.96 bits per heavy atom. The number of piperidine rings is 1. The summed E-state index contributed by atoms with van der Waals surface area (Å²) in [6, 6.07) is 14.2. The summed E-state index contributed by atoms with van der Waals surface area (Å²) in [6.07, 6.45) is 2.17. The fraction of sp³-hybridized carbons (Fsp3) is 0.263. The average molecular weight is 338 g/mol. The number of rotatable bonds is 1. The van der Waals surface area contributed by atoms with Gasteiger partial charge in [-0.25, -0.2) is 4.98 Å². The predicted molar refractivity (Wildman–Crippen MR) is 93.3 cm³/mol. The lowest BCUT2D eigenvalue weighted by molar-refractivity contribution is 0.0530. The minimum atomic E-state index is -0.0357. The molecule has 2 atom stereocenters. The summed E-state index contributed by atoms with van der Waals surface area (Å²) in [5.74, 6) is 0.776. The molecule has 6 rings (SSSR count). The maximum atomic E-state index is 13.1. The maximum Gasteiger partial charge on any atom is 0.290 e. The van der Waals surface area contributed by atoms with Crippen molar-refractivity contribution in [3.8, 4) is 0 Å². The predicted octanol–water partition coefficient (Wildman–Crippen LogP) is 4.29. The fourth-order valence-electron chi connectivity index (χ4n) is 4.19. The third-order valence-corrected chi connectivity index (χ3v) is 5.61. The zero-order valence-electron chi connectivity index (χ0n) is 13.0. The van der Waals surface area contributed by atoms with Crippen molar-refractivity contribution in [2.75, 3.05) is 6.54 Å². The Hall–Kier alpha value is -2.33. The molecule has 24 heavy (non-hydrogen) atoms. The van der Waals surface area contributed by atoms with E-state index in [-0.39, 0.29) is 11.9 Å². The van der Waals surface area contributed by atoms with Crippen LogP contribution in [0.2, 0.25) is 5.02 Å². The summed E-state index contributed by atoms with van der Waals surface area (Å²) in [4.78, 5) is 22.6. The van der Waals surface area contributed by atoms with Gasteiger partial charge in [0.1, 0.15) is 5.52 Å². The quantitative estimate of drug-likeness (QED) is 0.720. The summed E-state index contributed by atoms with van der Waals surface area (Å²) >= 11 is 6.18. The van der Waals surface area contributed by atoms with Crippen molar-refractivity contribution in [2.45, 2.75) is 24.8 Å². The number of H-pyrrole nitrogens is 1. The molecule has 0 radical (unpaired) electrons. The van der Waals surface area contributed by atoms with Crippen LogP contribution in [-0.2, 0) is 0 Å². The standard InChI is InChI=1S/C19H16ClN3O/c20-14-6-3-7-15-17(14)22-18(21-15)19(24)23-10-11-8-9-16(23)13-5-2-1-4-12(11)13/h1-7,11,16H,8-10H2,(H,21,22). The molecule has 2 bridgehead atoms. The number of aromatic amines is 1. The van der Waals surface area contributed by atoms with E-state index in [0.29, 0.717) is 22.3 Å². The molecule has 2 aliphatic heterocycles. The van der Waals surface area contributed by atoms with Crippen molar-refractivity contribution in [1.29, 1.82) is 0 Å². The van der Waals surface area contributed by atoms with E-state index in [0.717, 1.165) is 24.9 Å². The highest BCUT2D eigenvalue weighted by Crippen LogP contribution is 2.46. The first-order valence-electron chi connectivity index (χ1n) is 8.26. The van der Waals surface area contributed by atoms with Crippen LogP contribution in [0, 0.1) is 0 Å². The molecule has 1 saturated heterocycles. The van der Waals surface area contributed by atoms with E-state index in [9.17, 15) is 4.79 Å². The third-order valence-electron chi connectivity index (χ3n) is 5.30. The van der Waals surface area contributed by atoms with Crippen LogP contribution in [0.3, 0.4) is 0 Å². The zero-order valence-corrected chi connectivity index (χ0v) is 13.8. The lowest BCUT2D eigenvalue weighted by Gasteiger charge is -2.46. The Kier molecular flexibility index (Phi) is 2.98. The number of nitrogens with one attached hydrogen (secondary N) is 1. The number of amides is 1. The Morgan fingerprint density at radius 1 is 1.12 bits per heavy atom. The molecule has 1 N–H and O–H groups in total. The van der Waals surface area contributed by atoms with Crippen LogP contribution >= 0.6 is 11.6 Å². The molecule has 2 aromatic carbocycles. The van der Waals surface area contributed by atoms with Crippen molar-refractivity contribution in [1.82, 2.24) is 14.9 Å². The van der Waals surface area contributed by atoms with E-state index in [4.69, 9.17) is 11.6 Å². The fourth-order valence-corrected chi connectivity index (χ4v) is 4.41. The molecule has 120 valence electrons. The van der Waals surface area contributed by atoms with E-state index in [1.54, 1.807) is 6.07 Å². The molecule has 1 fully saturated rings. The number of hydrogen-bond donors (Lipinski definition) is 1. The van der Waals surface area contributed by atoms with E-state index in [2.05, 4.69) is 34.2 Å². The molecule has 1 aromatic heterocycles. The zero-order chi connectivity index (χ0) is 16.3. The Bertz CT molecular complexity index is 964. The molecular weight excluding hydrogens is 322 g/mol. The minimum absolute atomic E-state index is 0.0357. The third kappa shape index (κ3) is 1.93. The molecule has 3 aliphatic rings. The van der Waals surface area contributed by atoms with E-state index >= 15 is 0 Å². The normalized spacial score (nSPS) is 22.0. The molecule has 0 spiro atoms. The number of halogens is 1.